The van der Waals surface area contributed by atoms with Crippen LogP contribution < -0.4 is 14.2 Å². The van der Waals surface area contributed by atoms with E-state index in [9.17, 15) is 18.4 Å². The molecule has 7 nitrogen and oxygen atoms in total. The highest BCUT2D eigenvalue weighted by Crippen LogP contribution is 2.44. The van der Waals surface area contributed by atoms with E-state index in [1.165, 1.54) is 24.8 Å². The van der Waals surface area contributed by atoms with Gasteiger partial charge in [0.15, 0.2) is 0 Å². The van der Waals surface area contributed by atoms with Crippen LogP contribution in [0.3, 0.4) is 0 Å². The molecule has 2 fully saturated rings. The summed E-state index contributed by atoms with van der Waals surface area (Å²) in [6.07, 6.45) is 5.02. The Balaban J connectivity index is 1.22. The average molecular weight is 733 g/mol. The lowest BCUT2D eigenvalue weighted by molar-refractivity contribution is -0.138. The molecule has 11 heteroatoms. The molecule has 2 saturated heterocycles. The van der Waals surface area contributed by atoms with Crippen LogP contribution in [-0.4, -0.2) is 54.1 Å². The van der Waals surface area contributed by atoms with Gasteiger partial charge < -0.3 is 19.1 Å². The fourth-order valence-electron chi connectivity index (χ4n) is 7.02. The molecule has 4 aromatic rings. The summed E-state index contributed by atoms with van der Waals surface area (Å²) in [5.74, 6) is 0.838. The van der Waals surface area contributed by atoms with E-state index in [1.54, 1.807) is 43.5 Å². The van der Waals surface area contributed by atoms with E-state index in [-0.39, 0.29) is 31.1 Å². The zero-order valence-corrected chi connectivity index (χ0v) is 30.2. The Morgan fingerprint density at radius 2 is 1.50 bits per heavy atom. The quantitative estimate of drug-likeness (QED) is 0.120. The normalized spacial score (nSPS) is 15.4. The Hall–Kier alpha value is -4.30. The summed E-state index contributed by atoms with van der Waals surface area (Å²) in [6.45, 7) is 7.81. The van der Waals surface area contributed by atoms with Gasteiger partial charge in [0.25, 0.3) is 0 Å². The largest absolute Gasteiger partial charge is 0.493 e. The van der Waals surface area contributed by atoms with Crippen LogP contribution in [0.2, 0.25) is 5.02 Å². The number of nitrogens with zero attached hydrogens (tertiary/aromatic N) is 4. The predicted octanol–water partition coefficient (Wildman–Crippen LogP) is 9.61. The SMILES string of the molecule is Cc1c(COc2cc(OCc3cncc(C#N)c3)c(CN3CCCCC3)cc2Cl)cccc1-c1cccc(OCCCN2CCCC2)c1C(F)(F)F. The fraction of sp³-hybridized carbons (Fsp3) is 0.415. The minimum Gasteiger partial charge on any atom is -0.493 e. The number of benzene rings is 3. The first-order valence-electron chi connectivity index (χ1n) is 18.0. The summed E-state index contributed by atoms with van der Waals surface area (Å²) in [7, 11) is 0. The second-order valence-corrected chi connectivity index (χ2v) is 13.9. The van der Waals surface area contributed by atoms with Crippen molar-refractivity contribution in [3.8, 4) is 34.4 Å². The highest BCUT2D eigenvalue weighted by Gasteiger charge is 2.38. The third-order valence-electron chi connectivity index (χ3n) is 9.78. The third-order valence-corrected chi connectivity index (χ3v) is 10.1. The van der Waals surface area contributed by atoms with E-state index < -0.39 is 11.7 Å². The average Bonchev–Trinajstić information content (AvgIpc) is 3.67. The van der Waals surface area contributed by atoms with E-state index >= 15 is 0 Å². The van der Waals surface area contributed by atoms with Crippen molar-refractivity contribution >= 4 is 11.6 Å². The first-order chi connectivity index (χ1) is 25.2. The number of alkyl halides is 3. The van der Waals surface area contributed by atoms with Gasteiger partial charge in [-0.2, -0.15) is 18.4 Å². The second kappa shape index (κ2) is 17.5. The van der Waals surface area contributed by atoms with Gasteiger partial charge in [0.2, 0.25) is 0 Å². The highest BCUT2D eigenvalue weighted by molar-refractivity contribution is 6.32. The molecule has 0 aliphatic carbocycles. The topological polar surface area (TPSA) is 70.8 Å². The molecule has 2 aliphatic heterocycles. The molecule has 0 spiro atoms. The van der Waals surface area contributed by atoms with E-state index in [0.29, 0.717) is 46.2 Å². The fourth-order valence-corrected chi connectivity index (χ4v) is 7.26. The summed E-state index contributed by atoms with van der Waals surface area (Å²) in [6, 6.07) is 17.3. The maximum Gasteiger partial charge on any atom is 0.420 e. The number of nitriles is 1. The molecule has 52 heavy (non-hydrogen) atoms. The molecule has 0 radical (unpaired) electrons. The van der Waals surface area contributed by atoms with Gasteiger partial charge in [0.1, 0.15) is 42.1 Å². The Kier molecular flexibility index (Phi) is 12.6. The van der Waals surface area contributed by atoms with Crippen LogP contribution in [0.1, 0.15) is 71.9 Å². The molecule has 0 amide bonds. The Morgan fingerprint density at radius 1 is 0.788 bits per heavy atom. The van der Waals surface area contributed by atoms with Crippen molar-refractivity contribution in [2.45, 2.75) is 71.4 Å². The number of hydrogen-bond donors (Lipinski definition) is 0. The number of ether oxygens (including phenoxy) is 3. The summed E-state index contributed by atoms with van der Waals surface area (Å²) in [4.78, 5) is 8.84. The van der Waals surface area contributed by atoms with E-state index in [1.807, 2.05) is 12.1 Å². The number of hydrogen-bond acceptors (Lipinski definition) is 7. The summed E-state index contributed by atoms with van der Waals surface area (Å²) < 4.78 is 62.3. The van der Waals surface area contributed by atoms with Gasteiger partial charge in [-0.05, 0) is 106 Å². The van der Waals surface area contributed by atoms with Crippen LogP contribution in [0.15, 0.2) is 67.0 Å². The van der Waals surface area contributed by atoms with Crippen LogP contribution in [-0.2, 0) is 25.9 Å². The van der Waals surface area contributed by atoms with E-state index in [0.717, 1.165) is 75.1 Å². The van der Waals surface area contributed by atoms with Gasteiger partial charge in [-0.25, -0.2) is 0 Å². The Labute approximate surface area is 308 Å². The van der Waals surface area contributed by atoms with Crippen molar-refractivity contribution in [1.82, 2.24) is 14.8 Å². The van der Waals surface area contributed by atoms with Crippen molar-refractivity contribution in [2.24, 2.45) is 0 Å². The number of halogens is 4. The van der Waals surface area contributed by atoms with Crippen molar-refractivity contribution < 1.29 is 27.4 Å². The molecule has 0 atom stereocenters. The lowest BCUT2D eigenvalue weighted by atomic mass is 9.92. The van der Waals surface area contributed by atoms with Gasteiger partial charge in [-0.15, -0.1) is 0 Å². The number of pyridine rings is 1. The van der Waals surface area contributed by atoms with Crippen molar-refractivity contribution in [3.05, 3.63) is 105 Å². The minimum absolute atomic E-state index is 0.0645. The summed E-state index contributed by atoms with van der Waals surface area (Å²) in [5.41, 5.74) is 3.24. The van der Waals surface area contributed by atoms with Crippen LogP contribution in [0.5, 0.6) is 17.2 Å². The Bertz CT molecular complexity index is 1870. The standard InChI is InChI=1S/C41H44ClF3N4O3/c1-29-32(10-7-11-34(29)35-12-8-13-37(40(35)41(43,44)45)50-19-9-18-48-14-5-6-15-48)28-52-39-22-38(51-27-31-20-30(23-46)24-47-25-31)33(21-36(39)42)26-49-16-3-2-4-17-49/h7-8,10-13,20-22,24-25H,2-6,9,14-19,26-28H2,1H3. The molecule has 3 heterocycles. The van der Waals surface area contributed by atoms with Gasteiger partial charge >= 0.3 is 6.18 Å². The van der Waals surface area contributed by atoms with Gasteiger partial charge in [-0.3, -0.25) is 9.88 Å². The maximum atomic E-state index is 14.7. The van der Waals surface area contributed by atoms with E-state index in [4.69, 9.17) is 25.8 Å². The first-order valence-corrected chi connectivity index (χ1v) is 18.4. The Morgan fingerprint density at radius 3 is 2.27 bits per heavy atom. The third kappa shape index (κ3) is 9.57. The van der Waals surface area contributed by atoms with Crippen LogP contribution in [0.4, 0.5) is 13.2 Å². The molecule has 274 valence electrons. The van der Waals surface area contributed by atoms with Crippen molar-refractivity contribution in [1.29, 1.82) is 5.26 Å². The molecule has 2 aliphatic rings. The number of rotatable bonds is 14. The lowest BCUT2D eigenvalue weighted by Crippen LogP contribution is -2.29. The summed E-state index contributed by atoms with van der Waals surface area (Å²) in [5, 5.41) is 9.72. The molecule has 0 saturated carbocycles. The monoisotopic (exact) mass is 732 g/mol. The van der Waals surface area contributed by atoms with E-state index in [2.05, 4.69) is 20.9 Å². The first kappa shape index (κ1) is 37.5. The van der Waals surface area contributed by atoms with Crippen LogP contribution in [0, 0.1) is 18.3 Å². The zero-order valence-electron chi connectivity index (χ0n) is 29.5. The van der Waals surface area contributed by atoms with Gasteiger partial charge in [-0.1, -0.05) is 48.4 Å². The molecule has 0 N–H and O–H groups in total. The maximum absolute atomic E-state index is 14.7. The molecule has 0 bridgehead atoms. The molecular formula is C41H44ClF3N4O3. The van der Waals surface area contributed by atoms with Crippen LogP contribution >= 0.6 is 11.6 Å². The minimum atomic E-state index is -4.62. The molecule has 6 rings (SSSR count). The molecule has 3 aromatic carbocycles. The van der Waals surface area contributed by atoms with Gasteiger partial charge in [0.05, 0.1) is 17.2 Å². The second-order valence-electron chi connectivity index (χ2n) is 13.5. The smallest absolute Gasteiger partial charge is 0.420 e. The number of likely N-dealkylation sites (tertiary alicyclic amines) is 2. The van der Waals surface area contributed by atoms with Crippen LogP contribution in [0.25, 0.3) is 11.1 Å². The molecular weight excluding hydrogens is 689 g/mol. The molecule has 1 aromatic heterocycles. The van der Waals surface area contributed by atoms with Crippen molar-refractivity contribution in [2.75, 3.05) is 39.3 Å². The molecule has 0 unspecified atom stereocenters. The zero-order chi connectivity index (χ0) is 36.5. The van der Waals surface area contributed by atoms with Gasteiger partial charge in [0, 0.05) is 42.7 Å². The number of aromatic nitrogens is 1. The van der Waals surface area contributed by atoms with Crippen molar-refractivity contribution in [3.63, 3.8) is 0 Å². The highest BCUT2D eigenvalue weighted by atomic mass is 35.5. The lowest BCUT2D eigenvalue weighted by Gasteiger charge is -2.27. The summed E-state index contributed by atoms with van der Waals surface area (Å²) >= 11 is 6.80. The predicted molar refractivity (Wildman–Crippen MR) is 196 cm³/mol. The number of piperidine rings is 1.